The highest BCUT2D eigenvalue weighted by atomic mass is 35.5. The minimum Gasteiger partial charge on any atom is -0.311 e. The van der Waals surface area contributed by atoms with Crippen LogP contribution in [0.2, 0.25) is 5.02 Å². The van der Waals surface area contributed by atoms with Crippen molar-refractivity contribution in [3.63, 3.8) is 0 Å². The summed E-state index contributed by atoms with van der Waals surface area (Å²) in [4.78, 5) is 2.49. The van der Waals surface area contributed by atoms with Crippen molar-refractivity contribution < 1.29 is 4.39 Å². The summed E-state index contributed by atoms with van der Waals surface area (Å²) in [6.45, 7) is 4.91. The van der Waals surface area contributed by atoms with E-state index in [0.717, 1.165) is 18.7 Å². The van der Waals surface area contributed by atoms with Gasteiger partial charge in [0.25, 0.3) is 0 Å². The van der Waals surface area contributed by atoms with Gasteiger partial charge in [0.2, 0.25) is 0 Å². The van der Waals surface area contributed by atoms with Crippen LogP contribution < -0.4 is 5.32 Å². The van der Waals surface area contributed by atoms with Crippen LogP contribution in [0.15, 0.2) is 18.2 Å². The molecule has 1 saturated carbocycles. The Morgan fingerprint density at radius 2 is 2.15 bits per heavy atom. The molecule has 4 heteroatoms. The second-order valence-corrected chi connectivity index (χ2v) is 6.77. The fourth-order valence-electron chi connectivity index (χ4n) is 3.68. The van der Waals surface area contributed by atoms with Crippen molar-refractivity contribution in [2.24, 2.45) is 0 Å². The number of rotatable bonds is 2. The predicted octanol–water partition coefficient (Wildman–Crippen LogP) is 3.59. The number of nitrogens with zero attached hydrogens (tertiary/aromatic N) is 1. The summed E-state index contributed by atoms with van der Waals surface area (Å²) in [6, 6.07) is 5.50. The lowest BCUT2D eigenvalue weighted by Gasteiger charge is -2.48. The van der Waals surface area contributed by atoms with Crippen LogP contribution in [0.25, 0.3) is 0 Å². The molecule has 1 aliphatic heterocycles. The van der Waals surface area contributed by atoms with Crippen molar-refractivity contribution in [1.29, 1.82) is 0 Å². The van der Waals surface area contributed by atoms with Gasteiger partial charge >= 0.3 is 0 Å². The van der Waals surface area contributed by atoms with Gasteiger partial charge in [0, 0.05) is 41.8 Å². The first-order chi connectivity index (χ1) is 9.59. The van der Waals surface area contributed by atoms with Crippen molar-refractivity contribution in [2.45, 2.75) is 50.7 Å². The fraction of sp³-hybridized carbons (Fsp3) is 0.625. The summed E-state index contributed by atoms with van der Waals surface area (Å²) in [5.74, 6) is -0.183. The zero-order chi connectivity index (χ0) is 14.2. The molecule has 1 aromatic rings. The van der Waals surface area contributed by atoms with Crippen LogP contribution in [0, 0.1) is 5.82 Å². The third kappa shape index (κ3) is 2.72. The van der Waals surface area contributed by atoms with Gasteiger partial charge in [-0.3, -0.25) is 4.90 Å². The summed E-state index contributed by atoms with van der Waals surface area (Å²) < 4.78 is 14.1. The molecule has 110 valence electrons. The summed E-state index contributed by atoms with van der Waals surface area (Å²) >= 11 is 5.84. The molecule has 2 aliphatic rings. The third-order valence-corrected chi connectivity index (χ3v) is 5.09. The number of halogens is 2. The van der Waals surface area contributed by atoms with E-state index in [9.17, 15) is 4.39 Å². The van der Waals surface area contributed by atoms with Gasteiger partial charge in [0.1, 0.15) is 5.82 Å². The van der Waals surface area contributed by atoms with Gasteiger partial charge in [-0.15, -0.1) is 0 Å². The third-order valence-electron chi connectivity index (χ3n) is 4.86. The molecule has 1 aliphatic carbocycles. The fourth-order valence-corrected chi connectivity index (χ4v) is 3.84. The predicted molar refractivity (Wildman–Crippen MR) is 80.5 cm³/mol. The van der Waals surface area contributed by atoms with E-state index in [4.69, 9.17) is 11.6 Å². The van der Waals surface area contributed by atoms with Gasteiger partial charge in [0.05, 0.1) is 0 Å². The summed E-state index contributed by atoms with van der Waals surface area (Å²) in [5.41, 5.74) is 0.994. The van der Waals surface area contributed by atoms with E-state index in [1.165, 1.54) is 31.7 Å². The van der Waals surface area contributed by atoms with E-state index in [0.29, 0.717) is 17.6 Å². The molecule has 1 saturated heterocycles. The van der Waals surface area contributed by atoms with Gasteiger partial charge in [-0.2, -0.15) is 0 Å². The summed E-state index contributed by atoms with van der Waals surface area (Å²) in [7, 11) is 0. The first-order valence-electron chi connectivity index (χ1n) is 7.51. The Labute approximate surface area is 125 Å². The monoisotopic (exact) mass is 296 g/mol. The minimum absolute atomic E-state index is 0.183. The van der Waals surface area contributed by atoms with Gasteiger partial charge in [-0.1, -0.05) is 30.5 Å². The van der Waals surface area contributed by atoms with Crippen LogP contribution in [0.5, 0.6) is 0 Å². The SMILES string of the molecule is CC1CN(Cc2ccc(Cl)cc2F)C2(CCCC2)CN1. The molecule has 0 bridgehead atoms. The Balaban J connectivity index is 1.82. The molecule has 3 rings (SSSR count). The van der Waals surface area contributed by atoms with Crippen molar-refractivity contribution in [1.82, 2.24) is 10.2 Å². The highest BCUT2D eigenvalue weighted by Gasteiger charge is 2.42. The maximum Gasteiger partial charge on any atom is 0.129 e. The van der Waals surface area contributed by atoms with Crippen molar-refractivity contribution >= 4 is 11.6 Å². The Morgan fingerprint density at radius 3 is 2.85 bits per heavy atom. The van der Waals surface area contributed by atoms with Crippen LogP contribution in [0.4, 0.5) is 4.39 Å². The van der Waals surface area contributed by atoms with Crippen LogP contribution >= 0.6 is 11.6 Å². The Bertz CT molecular complexity index is 485. The molecule has 0 amide bonds. The first-order valence-corrected chi connectivity index (χ1v) is 7.89. The van der Waals surface area contributed by atoms with Crippen LogP contribution in [0.3, 0.4) is 0 Å². The standard InChI is InChI=1S/C16H22ClFN2/c1-12-9-20(16(11-19-12)6-2-3-7-16)10-13-4-5-14(17)8-15(13)18/h4-5,8,12,19H,2-3,6-7,9-11H2,1H3. The molecule has 1 N–H and O–H groups in total. The lowest BCUT2D eigenvalue weighted by molar-refractivity contribution is 0.0384. The Hall–Kier alpha value is -0.640. The molecular weight excluding hydrogens is 275 g/mol. The molecule has 20 heavy (non-hydrogen) atoms. The van der Waals surface area contributed by atoms with Gasteiger partial charge < -0.3 is 5.32 Å². The van der Waals surface area contributed by atoms with Crippen LogP contribution in [0.1, 0.15) is 38.2 Å². The van der Waals surface area contributed by atoms with Crippen molar-refractivity contribution in [3.8, 4) is 0 Å². The first kappa shape index (κ1) is 14.3. The minimum atomic E-state index is -0.183. The zero-order valence-electron chi connectivity index (χ0n) is 12.0. The second kappa shape index (κ2) is 5.63. The quantitative estimate of drug-likeness (QED) is 0.897. The maximum absolute atomic E-state index is 14.1. The van der Waals surface area contributed by atoms with Gasteiger partial charge in [-0.05, 0) is 31.9 Å². The average Bonchev–Trinajstić information content (AvgIpc) is 2.87. The molecule has 1 heterocycles. The van der Waals surface area contributed by atoms with E-state index >= 15 is 0 Å². The number of hydrogen-bond acceptors (Lipinski definition) is 2. The van der Waals surface area contributed by atoms with E-state index in [1.54, 1.807) is 6.07 Å². The highest BCUT2D eigenvalue weighted by Crippen LogP contribution is 2.38. The number of hydrogen-bond donors (Lipinski definition) is 1. The van der Waals surface area contributed by atoms with E-state index in [1.807, 2.05) is 6.07 Å². The van der Waals surface area contributed by atoms with E-state index in [2.05, 4.69) is 17.1 Å². The molecule has 1 aromatic carbocycles. The average molecular weight is 297 g/mol. The van der Waals surface area contributed by atoms with E-state index < -0.39 is 0 Å². The molecule has 1 unspecified atom stereocenters. The number of benzene rings is 1. The highest BCUT2D eigenvalue weighted by molar-refractivity contribution is 6.30. The summed E-state index contributed by atoms with van der Waals surface area (Å²) in [5, 5.41) is 4.07. The Kier molecular flexibility index (Phi) is 4.02. The van der Waals surface area contributed by atoms with Crippen molar-refractivity contribution in [2.75, 3.05) is 13.1 Å². The molecule has 1 spiro atoms. The lowest BCUT2D eigenvalue weighted by Crippen LogP contribution is -2.62. The number of piperazine rings is 1. The van der Waals surface area contributed by atoms with Crippen LogP contribution in [-0.2, 0) is 6.54 Å². The van der Waals surface area contributed by atoms with Gasteiger partial charge in [0.15, 0.2) is 0 Å². The van der Waals surface area contributed by atoms with Gasteiger partial charge in [-0.25, -0.2) is 4.39 Å². The van der Waals surface area contributed by atoms with Crippen LogP contribution in [-0.4, -0.2) is 29.6 Å². The zero-order valence-corrected chi connectivity index (χ0v) is 12.7. The summed E-state index contributed by atoms with van der Waals surface area (Å²) in [6.07, 6.45) is 5.02. The van der Waals surface area contributed by atoms with Crippen molar-refractivity contribution in [3.05, 3.63) is 34.6 Å². The Morgan fingerprint density at radius 1 is 1.40 bits per heavy atom. The lowest BCUT2D eigenvalue weighted by atomic mass is 9.90. The molecular formula is C16H22ClFN2. The molecule has 1 atom stereocenters. The smallest absolute Gasteiger partial charge is 0.129 e. The second-order valence-electron chi connectivity index (χ2n) is 6.33. The number of nitrogens with one attached hydrogen (secondary N) is 1. The molecule has 0 aromatic heterocycles. The molecule has 0 radical (unpaired) electrons. The van der Waals surface area contributed by atoms with E-state index in [-0.39, 0.29) is 11.4 Å². The molecule has 2 fully saturated rings. The topological polar surface area (TPSA) is 15.3 Å². The normalized spacial score (nSPS) is 26.2. The molecule has 2 nitrogen and oxygen atoms in total. The largest absolute Gasteiger partial charge is 0.311 e. The maximum atomic E-state index is 14.1.